The molecule has 0 radical (unpaired) electrons. The Balaban J connectivity index is 2.32. The summed E-state index contributed by atoms with van der Waals surface area (Å²) < 4.78 is 1.87. The first-order valence-corrected chi connectivity index (χ1v) is 6.95. The van der Waals surface area contributed by atoms with E-state index in [2.05, 4.69) is 4.98 Å². The maximum atomic E-state index is 12.1. The average molecular weight is 389 g/mol. The van der Waals surface area contributed by atoms with Crippen molar-refractivity contribution in [1.82, 2.24) is 9.55 Å². The van der Waals surface area contributed by atoms with Crippen LogP contribution in [0.4, 0.5) is 0 Å². The highest BCUT2D eigenvalue weighted by Crippen LogP contribution is 2.10. The van der Waals surface area contributed by atoms with E-state index in [1.165, 1.54) is 10.8 Å². The summed E-state index contributed by atoms with van der Waals surface area (Å²) in [5.41, 5.74) is 0.324. The van der Waals surface area contributed by atoms with Gasteiger partial charge in [0.25, 0.3) is 5.56 Å². The molecule has 0 saturated heterocycles. The van der Waals surface area contributed by atoms with Crippen molar-refractivity contribution in [1.29, 1.82) is 0 Å². The van der Waals surface area contributed by atoms with Crippen LogP contribution < -0.4 is 5.56 Å². The molecule has 19 heavy (non-hydrogen) atoms. The molecule has 0 unspecified atom stereocenters. The maximum absolute atomic E-state index is 12.1. The number of aromatic nitrogens is 2. The number of hydrogen-bond acceptors (Lipinski definition) is 3. The van der Waals surface area contributed by atoms with Crippen molar-refractivity contribution in [2.45, 2.75) is 13.5 Å². The lowest BCUT2D eigenvalue weighted by molar-refractivity contribution is 0.0969. The molecule has 6 heteroatoms. The molecule has 0 saturated carbocycles. The molecule has 0 spiro atoms. The van der Waals surface area contributed by atoms with Gasteiger partial charge in [-0.05, 0) is 53.8 Å². The van der Waals surface area contributed by atoms with Crippen molar-refractivity contribution in [3.8, 4) is 0 Å². The van der Waals surface area contributed by atoms with Gasteiger partial charge in [0.05, 0.1) is 10.1 Å². The zero-order chi connectivity index (χ0) is 14.0. The van der Waals surface area contributed by atoms with Gasteiger partial charge in [-0.25, -0.2) is 4.98 Å². The summed E-state index contributed by atoms with van der Waals surface area (Å²) in [6, 6.07) is 6.59. The first-order valence-electron chi connectivity index (χ1n) is 5.50. The number of Topliss-reactive ketones (excluding diaryl/α,β-unsaturated/α-hetero) is 1. The van der Waals surface area contributed by atoms with Gasteiger partial charge < -0.3 is 0 Å². The lowest BCUT2D eigenvalue weighted by Gasteiger charge is -2.08. The third kappa shape index (κ3) is 3.22. The number of ketones is 1. The summed E-state index contributed by atoms with van der Waals surface area (Å²) in [7, 11) is 0. The molecule has 0 fully saturated rings. The van der Waals surface area contributed by atoms with E-state index < -0.39 is 0 Å². The molecule has 2 rings (SSSR count). The summed E-state index contributed by atoms with van der Waals surface area (Å²) in [5, 5.41) is 0.570. The summed E-state index contributed by atoms with van der Waals surface area (Å²) in [6.07, 6.45) is 1.50. The van der Waals surface area contributed by atoms with E-state index in [1.54, 1.807) is 31.2 Å². The molecular weight excluding hydrogens is 379 g/mol. The van der Waals surface area contributed by atoms with Gasteiger partial charge in [0, 0.05) is 16.8 Å². The normalized spacial score (nSPS) is 10.5. The highest BCUT2D eigenvalue weighted by Gasteiger charge is 2.11. The Kier molecular flexibility index (Phi) is 4.36. The van der Waals surface area contributed by atoms with Gasteiger partial charge in [-0.2, -0.15) is 0 Å². The number of carbonyl (C=O) groups is 1. The molecule has 0 aliphatic carbocycles. The maximum Gasteiger partial charge on any atom is 0.267 e. The molecule has 1 heterocycles. The van der Waals surface area contributed by atoms with E-state index in [4.69, 9.17) is 11.6 Å². The van der Waals surface area contributed by atoms with E-state index in [-0.39, 0.29) is 17.9 Å². The number of rotatable bonds is 3. The lowest BCUT2D eigenvalue weighted by Crippen LogP contribution is -2.28. The van der Waals surface area contributed by atoms with Crippen LogP contribution in [0.25, 0.3) is 0 Å². The zero-order valence-electron chi connectivity index (χ0n) is 10.1. The fraction of sp³-hybridized carbons (Fsp3) is 0.154. The van der Waals surface area contributed by atoms with E-state index >= 15 is 0 Å². The lowest BCUT2D eigenvalue weighted by atomic mass is 10.1. The Morgan fingerprint density at radius 3 is 2.63 bits per heavy atom. The molecule has 98 valence electrons. The summed E-state index contributed by atoms with van der Waals surface area (Å²) in [4.78, 5) is 28.1. The highest BCUT2D eigenvalue weighted by molar-refractivity contribution is 14.1. The van der Waals surface area contributed by atoms with E-state index in [0.29, 0.717) is 20.0 Å². The Hall–Kier alpha value is -1.21. The first kappa shape index (κ1) is 14.2. The van der Waals surface area contributed by atoms with Gasteiger partial charge in [0.1, 0.15) is 5.82 Å². The van der Waals surface area contributed by atoms with Crippen molar-refractivity contribution >= 4 is 40.0 Å². The Labute approximate surface area is 128 Å². The van der Waals surface area contributed by atoms with Crippen LogP contribution in [-0.2, 0) is 6.54 Å². The highest BCUT2D eigenvalue weighted by atomic mass is 127. The fourth-order valence-electron chi connectivity index (χ4n) is 1.61. The molecular formula is C13H10ClIN2O2. The molecule has 0 atom stereocenters. The largest absolute Gasteiger partial charge is 0.292 e. The second kappa shape index (κ2) is 5.83. The third-order valence-electron chi connectivity index (χ3n) is 2.67. The van der Waals surface area contributed by atoms with Crippen LogP contribution in [0.3, 0.4) is 0 Å². The van der Waals surface area contributed by atoms with Crippen molar-refractivity contribution in [2.75, 3.05) is 0 Å². The molecule has 4 nitrogen and oxygen atoms in total. The van der Waals surface area contributed by atoms with Crippen LogP contribution in [0.5, 0.6) is 0 Å². The number of aryl methyl sites for hydroxylation is 1. The van der Waals surface area contributed by atoms with E-state index in [0.717, 1.165) is 0 Å². The molecule has 0 bridgehead atoms. The number of nitrogens with zero attached hydrogens (tertiary/aromatic N) is 2. The molecule has 2 aromatic rings. The molecule has 1 aromatic carbocycles. The van der Waals surface area contributed by atoms with E-state index in [9.17, 15) is 9.59 Å². The minimum absolute atomic E-state index is 0.0177. The van der Waals surface area contributed by atoms with Gasteiger partial charge in [-0.3, -0.25) is 14.2 Å². The summed E-state index contributed by atoms with van der Waals surface area (Å²) in [6.45, 7) is 1.68. The number of halogens is 2. The SMILES string of the molecule is Cc1ncc(I)c(=O)n1CC(=O)c1ccc(Cl)cc1. The molecule has 0 amide bonds. The van der Waals surface area contributed by atoms with Crippen molar-refractivity contribution < 1.29 is 4.79 Å². The van der Waals surface area contributed by atoms with Crippen molar-refractivity contribution in [3.05, 3.63) is 60.8 Å². The number of hydrogen-bond donors (Lipinski definition) is 0. The van der Waals surface area contributed by atoms with Crippen molar-refractivity contribution in [2.24, 2.45) is 0 Å². The van der Waals surface area contributed by atoms with Crippen LogP contribution in [0, 0.1) is 10.5 Å². The number of carbonyl (C=O) groups excluding carboxylic acids is 1. The Bertz CT molecular complexity index is 680. The molecule has 0 aliphatic heterocycles. The van der Waals surface area contributed by atoms with Gasteiger partial charge in [0.2, 0.25) is 0 Å². The summed E-state index contributed by atoms with van der Waals surface area (Å²) >= 11 is 7.68. The minimum Gasteiger partial charge on any atom is -0.292 e. The predicted molar refractivity (Wildman–Crippen MR) is 81.7 cm³/mol. The first-order chi connectivity index (χ1) is 8.99. The van der Waals surface area contributed by atoms with Crippen LogP contribution in [-0.4, -0.2) is 15.3 Å². The van der Waals surface area contributed by atoms with Crippen LogP contribution in [0.1, 0.15) is 16.2 Å². The molecule has 0 aliphatic rings. The smallest absolute Gasteiger partial charge is 0.267 e. The zero-order valence-corrected chi connectivity index (χ0v) is 13.0. The second-order valence-electron chi connectivity index (χ2n) is 3.97. The fourth-order valence-corrected chi connectivity index (χ4v) is 2.16. The quantitative estimate of drug-likeness (QED) is 0.600. The second-order valence-corrected chi connectivity index (χ2v) is 5.57. The molecule has 0 N–H and O–H groups in total. The third-order valence-corrected chi connectivity index (χ3v) is 3.66. The summed E-state index contributed by atoms with van der Waals surface area (Å²) in [5.74, 6) is 0.374. The molecule has 1 aromatic heterocycles. The van der Waals surface area contributed by atoms with Gasteiger partial charge >= 0.3 is 0 Å². The Morgan fingerprint density at radius 1 is 1.37 bits per heavy atom. The minimum atomic E-state index is -0.199. The van der Waals surface area contributed by atoms with Crippen molar-refractivity contribution in [3.63, 3.8) is 0 Å². The van der Waals surface area contributed by atoms with Crippen LogP contribution in [0.15, 0.2) is 35.3 Å². The average Bonchev–Trinajstić information content (AvgIpc) is 2.40. The van der Waals surface area contributed by atoms with E-state index in [1.807, 2.05) is 22.6 Å². The number of benzene rings is 1. The van der Waals surface area contributed by atoms with Gasteiger partial charge in [-0.1, -0.05) is 11.6 Å². The Morgan fingerprint density at radius 2 is 2.00 bits per heavy atom. The van der Waals surface area contributed by atoms with Gasteiger partial charge in [-0.15, -0.1) is 0 Å². The van der Waals surface area contributed by atoms with Gasteiger partial charge in [0.15, 0.2) is 5.78 Å². The predicted octanol–water partition coefficient (Wildman–Crippen LogP) is 2.69. The van der Waals surface area contributed by atoms with Crippen LogP contribution >= 0.6 is 34.2 Å². The van der Waals surface area contributed by atoms with Crippen LogP contribution in [0.2, 0.25) is 5.02 Å². The topological polar surface area (TPSA) is 52.0 Å². The monoisotopic (exact) mass is 388 g/mol. The standard InChI is InChI=1S/C13H10ClIN2O2/c1-8-16-6-11(15)13(19)17(8)7-12(18)9-2-4-10(14)5-3-9/h2-6H,7H2,1H3.